The molecule has 0 aliphatic heterocycles. The molecule has 0 atom stereocenters. The maximum atomic E-state index is 10.3. The second-order valence-electron chi connectivity index (χ2n) is 8.96. The molecule has 3 aromatic carbocycles. The molecular weight excluding hydrogens is 389 g/mol. The van der Waals surface area contributed by atoms with Crippen molar-refractivity contribution in [3.05, 3.63) is 60.7 Å². The molecule has 0 fully saturated rings. The van der Waals surface area contributed by atoms with Gasteiger partial charge in [0.15, 0.2) is 5.58 Å². The quantitative estimate of drug-likeness (QED) is 0.414. The highest BCUT2D eigenvalue weighted by Crippen LogP contribution is 2.36. The Labute approximate surface area is 180 Å². The van der Waals surface area contributed by atoms with Crippen LogP contribution < -0.4 is 5.46 Å². The molecule has 0 saturated heterocycles. The van der Waals surface area contributed by atoms with Crippen LogP contribution in [0.5, 0.6) is 0 Å². The maximum Gasteiger partial charge on any atom is 0.309 e. The Bertz CT molecular complexity index is 1390. The molecule has 5 nitrogen and oxygen atoms in total. The van der Waals surface area contributed by atoms with Gasteiger partial charge in [-0.15, -0.1) is 0 Å². The first-order valence-corrected chi connectivity index (χ1v) is 10.4. The van der Waals surface area contributed by atoms with Crippen molar-refractivity contribution in [2.75, 3.05) is 0 Å². The fraction of sp³-hybridized carbons (Fsp3) is 0.240. The van der Waals surface area contributed by atoms with Crippen LogP contribution in [0.15, 0.2) is 69.5 Å². The van der Waals surface area contributed by atoms with Gasteiger partial charge in [-0.2, -0.15) is 0 Å². The van der Waals surface area contributed by atoms with Gasteiger partial charge in [0.25, 0.3) is 0 Å². The van der Waals surface area contributed by atoms with Crippen molar-refractivity contribution in [1.82, 2.24) is 4.98 Å². The monoisotopic (exact) mass is 413 g/mol. The smallest absolute Gasteiger partial charge is 0.309 e. The summed E-state index contributed by atoms with van der Waals surface area (Å²) in [7, 11) is 0.375. The predicted octanol–water partition coefficient (Wildman–Crippen LogP) is 4.94. The number of fused-ring (bicyclic) bond motifs is 5. The summed E-state index contributed by atoms with van der Waals surface area (Å²) in [5.74, 6) is 0.594. The highest BCUT2D eigenvalue weighted by atomic mass is 16.5. The molecule has 0 radical (unpaired) electrons. The van der Waals surface area contributed by atoms with Crippen molar-refractivity contribution in [1.29, 1.82) is 0 Å². The SMILES string of the molecule is CC(C)(O)C(C)(C)OBc1ccc2c(c1)oc1ccc3nc(-c4ccccc4)oc3c12. The summed E-state index contributed by atoms with van der Waals surface area (Å²) in [5, 5.41) is 12.2. The van der Waals surface area contributed by atoms with Gasteiger partial charge in [-0.05, 0) is 63.5 Å². The van der Waals surface area contributed by atoms with E-state index in [1.54, 1.807) is 13.8 Å². The summed E-state index contributed by atoms with van der Waals surface area (Å²) in [5.41, 5.74) is 3.32. The number of rotatable bonds is 5. The van der Waals surface area contributed by atoms with E-state index >= 15 is 0 Å². The molecule has 1 N–H and O–H groups in total. The fourth-order valence-electron chi connectivity index (χ4n) is 3.52. The second-order valence-corrected chi connectivity index (χ2v) is 8.96. The number of aromatic nitrogens is 1. The minimum atomic E-state index is -0.954. The van der Waals surface area contributed by atoms with E-state index in [4.69, 9.17) is 13.5 Å². The van der Waals surface area contributed by atoms with Crippen molar-refractivity contribution in [3.63, 3.8) is 0 Å². The van der Waals surface area contributed by atoms with Gasteiger partial charge in [-0.3, -0.25) is 0 Å². The molecule has 0 spiro atoms. The van der Waals surface area contributed by atoms with E-state index in [2.05, 4.69) is 4.98 Å². The summed E-state index contributed by atoms with van der Waals surface area (Å²) in [6, 6.07) is 19.8. The lowest BCUT2D eigenvalue weighted by molar-refractivity contribution is -0.0893. The summed E-state index contributed by atoms with van der Waals surface area (Å²) in [4.78, 5) is 4.66. The van der Waals surface area contributed by atoms with Crippen molar-refractivity contribution < 1.29 is 18.6 Å². The van der Waals surface area contributed by atoms with Gasteiger partial charge in [0.05, 0.1) is 16.6 Å². The van der Waals surface area contributed by atoms with Gasteiger partial charge < -0.3 is 18.6 Å². The Morgan fingerprint density at radius 1 is 0.903 bits per heavy atom. The zero-order chi connectivity index (χ0) is 21.8. The van der Waals surface area contributed by atoms with Crippen molar-refractivity contribution >= 4 is 46.0 Å². The Morgan fingerprint density at radius 3 is 2.42 bits per heavy atom. The Morgan fingerprint density at radius 2 is 1.68 bits per heavy atom. The van der Waals surface area contributed by atoms with Crippen LogP contribution in [-0.2, 0) is 4.65 Å². The molecule has 156 valence electrons. The lowest BCUT2D eigenvalue weighted by Gasteiger charge is -2.37. The standard InChI is InChI=1S/C25H24BNO4/c1-24(2,28)25(3,4)31-26-16-10-11-17-20(14-16)29-19-13-12-18-22(21(17)19)30-23(27-18)15-8-6-5-7-9-15/h5-14,26,28H,1-4H3. The first kappa shape index (κ1) is 19.9. The van der Waals surface area contributed by atoms with Crippen LogP contribution in [0.1, 0.15) is 27.7 Å². The normalized spacial score (nSPS) is 12.8. The van der Waals surface area contributed by atoms with Gasteiger partial charge >= 0.3 is 7.48 Å². The molecule has 2 aromatic heterocycles. The zero-order valence-corrected chi connectivity index (χ0v) is 18.1. The number of oxazole rings is 1. The van der Waals surface area contributed by atoms with Gasteiger partial charge in [0.2, 0.25) is 5.89 Å². The van der Waals surface area contributed by atoms with Crippen LogP contribution in [0.3, 0.4) is 0 Å². The summed E-state index contributed by atoms with van der Waals surface area (Å²) in [6.45, 7) is 7.28. The van der Waals surface area contributed by atoms with E-state index in [0.29, 0.717) is 13.4 Å². The van der Waals surface area contributed by atoms with Gasteiger partial charge in [0, 0.05) is 10.9 Å². The fourth-order valence-corrected chi connectivity index (χ4v) is 3.52. The van der Waals surface area contributed by atoms with Crippen LogP contribution >= 0.6 is 0 Å². The van der Waals surface area contributed by atoms with Gasteiger partial charge in [0.1, 0.15) is 16.7 Å². The third kappa shape index (κ3) is 3.42. The molecule has 5 rings (SSSR count). The highest BCUT2D eigenvalue weighted by Gasteiger charge is 2.35. The van der Waals surface area contributed by atoms with Crippen molar-refractivity contribution in [2.24, 2.45) is 0 Å². The van der Waals surface area contributed by atoms with Gasteiger partial charge in [-0.1, -0.05) is 30.3 Å². The Balaban J connectivity index is 1.55. The summed E-state index contributed by atoms with van der Waals surface area (Å²) in [6.07, 6.45) is 0. The van der Waals surface area contributed by atoms with Crippen LogP contribution in [-0.4, -0.2) is 28.8 Å². The Hall–Kier alpha value is -3.09. The average molecular weight is 413 g/mol. The third-order valence-corrected chi connectivity index (χ3v) is 6.15. The lowest BCUT2D eigenvalue weighted by Crippen LogP contribution is -2.49. The van der Waals surface area contributed by atoms with Gasteiger partial charge in [-0.25, -0.2) is 4.98 Å². The van der Waals surface area contributed by atoms with Crippen molar-refractivity contribution in [3.8, 4) is 11.5 Å². The van der Waals surface area contributed by atoms with E-state index in [-0.39, 0.29) is 0 Å². The van der Waals surface area contributed by atoms with E-state index in [9.17, 15) is 5.11 Å². The second kappa shape index (κ2) is 6.97. The minimum absolute atomic E-state index is 0.375. The van der Waals surface area contributed by atoms with Crippen molar-refractivity contribution in [2.45, 2.75) is 38.9 Å². The zero-order valence-electron chi connectivity index (χ0n) is 18.1. The van der Waals surface area contributed by atoms with E-state index in [1.807, 2.05) is 74.5 Å². The number of aliphatic hydroxyl groups is 1. The molecule has 0 aliphatic carbocycles. The third-order valence-electron chi connectivity index (χ3n) is 6.15. The molecule has 6 heteroatoms. The summed E-state index contributed by atoms with van der Waals surface area (Å²) >= 11 is 0. The first-order valence-electron chi connectivity index (χ1n) is 10.4. The molecule has 5 aromatic rings. The topological polar surface area (TPSA) is 68.6 Å². The molecule has 31 heavy (non-hydrogen) atoms. The van der Waals surface area contributed by atoms with Crippen LogP contribution in [0.2, 0.25) is 0 Å². The number of furan rings is 1. The van der Waals surface area contributed by atoms with E-state index < -0.39 is 11.2 Å². The lowest BCUT2D eigenvalue weighted by atomic mass is 9.82. The number of hydrogen-bond acceptors (Lipinski definition) is 5. The van der Waals surface area contributed by atoms with Crippen LogP contribution in [0.4, 0.5) is 0 Å². The van der Waals surface area contributed by atoms with E-state index in [0.717, 1.165) is 44.1 Å². The molecule has 0 saturated carbocycles. The molecular formula is C25H24BNO4. The number of hydrogen-bond donors (Lipinski definition) is 1. The Kier molecular flexibility index (Phi) is 4.47. The summed E-state index contributed by atoms with van der Waals surface area (Å²) < 4.78 is 18.3. The number of nitrogens with zero attached hydrogens (tertiary/aromatic N) is 1. The predicted molar refractivity (Wildman–Crippen MR) is 125 cm³/mol. The molecule has 2 heterocycles. The average Bonchev–Trinajstić information content (AvgIpc) is 3.32. The molecule has 0 bridgehead atoms. The first-order chi connectivity index (χ1) is 14.7. The van der Waals surface area contributed by atoms with Crippen LogP contribution in [0.25, 0.3) is 44.5 Å². The molecule has 0 unspecified atom stereocenters. The molecule has 0 amide bonds. The van der Waals surface area contributed by atoms with E-state index in [1.165, 1.54) is 0 Å². The minimum Gasteiger partial charge on any atom is -0.456 e. The largest absolute Gasteiger partial charge is 0.456 e. The number of benzene rings is 3. The molecule has 0 aliphatic rings. The van der Waals surface area contributed by atoms with Crippen LogP contribution in [0, 0.1) is 0 Å². The maximum absolute atomic E-state index is 10.3. The highest BCUT2D eigenvalue weighted by molar-refractivity contribution is 6.47.